The number of fused-ring (bicyclic) bond motifs is 1. The van der Waals surface area contributed by atoms with E-state index in [1.807, 2.05) is 30.3 Å². The number of hydrogen-bond donors (Lipinski definition) is 1. The van der Waals surface area contributed by atoms with Gasteiger partial charge in [-0.1, -0.05) is 46.3 Å². The highest BCUT2D eigenvalue weighted by atomic mass is 79.9. The van der Waals surface area contributed by atoms with Gasteiger partial charge >= 0.3 is 0 Å². The lowest BCUT2D eigenvalue weighted by molar-refractivity contribution is -0.148. The molecule has 2 fully saturated rings. The van der Waals surface area contributed by atoms with Crippen molar-refractivity contribution < 1.29 is 14.1 Å². The van der Waals surface area contributed by atoms with Crippen LogP contribution < -0.4 is 5.32 Å². The van der Waals surface area contributed by atoms with E-state index >= 15 is 0 Å². The van der Waals surface area contributed by atoms with Crippen LogP contribution in [0, 0.1) is 0 Å². The number of alkyl halides is 1. The maximum atomic E-state index is 12.6. The third-order valence-corrected chi connectivity index (χ3v) is 7.69. The number of nitrogens with one attached hydrogen (secondary N) is 1. The summed E-state index contributed by atoms with van der Waals surface area (Å²) < 4.78 is 11.8. The number of carbonyl (C=O) groups is 2. The van der Waals surface area contributed by atoms with Crippen LogP contribution in [0.3, 0.4) is 0 Å². The molecule has 0 saturated carbocycles. The molecule has 5 nitrogen and oxygen atoms in total. The van der Waals surface area contributed by atoms with Gasteiger partial charge in [0.15, 0.2) is 15.6 Å². The average molecular weight is 385 g/mol. The number of carbonyl (C=O) groups excluding carboxylic acids is 2. The molecule has 0 bridgehead atoms. The number of hydrogen-bond acceptors (Lipinski definition) is 3. The topological polar surface area (TPSA) is 72.5 Å². The van der Waals surface area contributed by atoms with Gasteiger partial charge in [0.2, 0.25) is 17.2 Å². The van der Waals surface area contributed by atoms with Crippen LogP contribution in [0.1, 0.15) is 19.4 Å². The van der Waals surface area contributed by atoms with E-state index in [1.165, 1.54) is 4.90 Å². The first-order valence-electron chi connectivity index (χ1n) is 7.04. The first kappa shape index (κ1) is 15.8. The zero-order chi connectivity index (χ0) is 16.1. The molecule has 3 rings (SSSR count). The normalized spacial score (nSPS) is 32.4. The third-order valence-electron chi connectivity index (χ3n) is 4.25. The Bertz CT molecular complexity index is 610. The second kappa shape index (κ2) is 5.54. The largest absolute Gasteiger partial charge is 0.614 e. The molecule has 1 aromatic carbocycles. The predicted octanol–water partition coefficient (Wildman–Crippen LogP) is 1.14. The smallest absolute Gasteiger partial charge is 0.248 e. The van der Waals surface area contributed by atoms with Crippen LogP contribution in [0.25, 0.3) is 0 Å². The molecule has 2 aliphatic rings. The summed E-state index contributed by atoms with van der Waals surface area (Å²) in [6, 6.07) is 8.87. The van der Waals surface area contributed by atoms with E-state index in [1.54, 1.807) is 13.8 Å². The van der Waals surface area contributed by atoms with Gasteiger partial charge in [-0.2, -0.15) is 0 Å². The summed E-state index contributed by atoms with van der Waals surface area (Å²) in [5, 5.41) is 2.45. The Morgan fingerprint density at radius 1 is 1.41 bits per heavy atom. The molecule has 118 valence electrons. The Hall–Kier alpha value is -1.05. The molecule has 4 atom stereocenters. The Labute approximate surface area is 140 Å². The van der Waals surface area contributed by atoms with Crippen molar-refractivity contribution in [3.8, 4) is 0 Å². The van der Waals surface area contributed by atoms with E-state index in [9.17, 15) is 14.1 Å². The van der Waals surface area contributed by atoms with Crippen LogP contribution in [0.4, 0.5) is 0 Å². The summed E-state index contributed by atoms with van der Waals surface area (Å²) in [7, 11) is 0. The summed E-state index contributed by atoms with van der Waals surface area (Å²) in [6.45, 7) is 3.95. The van der Waals surface area contributed by atoms with Gasteiger partial charge in [0.1, 0.15) is 0 Å². The highest BCUT2D eigenvalue weighted by Crippen LogP contribution is 2.48. The summed E-state index contributed by atoms with van der Waals surface area (Å²) in [5.41, 5.74) is 0.984. The number of β-lactam (4-membered cyclic amide) rings is 1. The first-order valence-corrected chi connectivity index (χ1v) is 9.17. The van der Waals surface area contributed by atoms with Crippen molar-refractivity contribution in [2.45, 2.75) is 41.4 Å². The maximum Gasteiger partial charge on any atom is 0.248 e. The molecule has 7 heteroatoms. The van der Waals surface area contributed by atoms with Crippen molar-refractivity contribution in [1.29, 1.82) is 0 Å². The first-order chi connectivity index (χ1) is 10.4. The van der Waals surface area contributed by atoms with Gasteiger partial charge in [-0.25, -0.2) is 0 Å². The van der Waals surface area contributed by atoms with Gasteiger partial charge in [0.05, 0.1) is 0 Å². The lowest BCUT2D eigenvalue weighted by Crippen LogP contribution is -2.65. The van der Waals surface area contributed by atoms with E-state index in [0.717, 1.165) is 5.56 Å². The molecule has 2 saturated heterocycles. The maximum absolute atomic E-state index is 12.6. The highest BCUT2D eigenvalue weighted by molar-refractivity contribution is 9.10. The van der Waals surface area contributed by atoms with E-state index in [4.69, 9.17) is 0 Å². The molecule has 2 aliphatic heterocycles. The molecule has 1 N–H and O–H groups in total. The summed E-state index contributed by atoms with van der Waals surface area (Å²) in [4.78, 5) is 25.6. The fourth-order valence-corrected chi connectivity index (χ4v) is 5.92. The molecule has 0 spiro atoms. The van der Waals surface area contributed by atoms with E-state index in [2.05, 4.69) is 21.2 Å². The SMILES string of the molecule is CC1(C)[C@H](C(=O)NCc2ccccc2)N2C(=O)[C@H](Br)[C@H]2[S+]1[O-]. The van der Waals surface area contributed by atoms with E-state index in [0.29, 0.717) is 6.54 Å². The fraction of sp³-hybridized carbons (Fsp3) is 0.467. The van der Waals surface area contributed by atoms with Gasteiger partial charge in [-0.15, -0.1) is 0 Å². The van der Waals surface area contributed by atoms with Crippen molar-refractivity contribution in [2.75, 3.05) is 0 Å². The second-order valence-corrected chi connectivity index (χ2v) is 9.16. The minimum Gasteiger partial charge on any atom is -0.614 e. The van der Waals surface area contributed by atoms with Crippen molar-refractivity contribution in [3.63, 3.8) is 0 Å². The Kier molecular flexibility index (Phi) is 3.99. The van der Waals surface area contributed by atoms with Gasteiger partial charge in [-0.3, -0.25) is 14.5 Å². The van der Waals surface area contributed by atoms with Gasteiger partial charge in [0, 0.05) is 6.54 Å². The van der Waals surface area contributed by atoms with Gasteiger partial charge in [-0.05, 0) is 30.6 Å². The average Bonchev–Trinajstić information content (AvgIpc) is 2.70. The molecule has 2 amide bonds. The highest BCUT2D eigenvalue weighted by Gasteiger charge is 2.71. The summed E-state index contributed by atoms with van der Waals surface area (Å²) in [5.74, 6) is -0.416. The lowest BCUT2D eigenvalue weighted by Gasteiger charge is -2.38. The predicted molar refractivity (Wildman–Crippen MR) is 87.6 cm³/mol. The zero-order valence-electron chi connectivity index (χ0n) is 12.3. The number of nitrogens with zero attached hydrogens (tertiary/aromatic N) is 1. The van der Waals surface area contributed by atoms with Crippen LogP contribution in [0.5, 0.6) is 0 Å². The Morgan fingerprint density at radius 3 is 2.68 bits per heavy atom. The summed E-state index contributed by atoms with van der Waals surface area (Å²) in [6.07, 6.45) is 0. The lowest BCUT2D eigenvalue weighted by atomic mass is 9.97. The molecule has 0 aliphatic carbocycles. The number of amides is 2. The molecular formula is C15H17BrN2O3S. The third kappa shape index (κ3) is 2.26. The zero-order valence-corrected chi connectivity index (χ0v) is 14.7. The van der Waals surface area contributed by atoms with Crippen molar-refractivity contribution >= 4 is 38.9 Å². The molecule has 0 aromatic heterocycles. The Morgan fingerprint density at radius 2 is 2.05 bits per heavy atom. The van der Waals surface area contributed by atoms with Crippen molar-refractivity contribution in [2.24, 2.45) is 0 Å². The molecule has 1 aromatic rings. The fourth-order valence-electron chi connectivity index (χ4n) is 3.01. The molecule has 22 heavy (non-hydrogen) atoms. The number of halogens is 1. The van der Waals surface area contributed by atoms with E-state index < -0.39 is 32.2 Å². The van der Waals surface area contributed by atoms with Crippen LogP contribution in [-0.2, 0) is 27.3 Å². The second-order valence-electron chi connectivity index (χ2n) is 6.04. The number of benzene rings is 1. The van der Waals surface area contributed by atoms with Crippen molar-refractivity contribution in [3.05, 3.63) is 35.9 Å². The molecular weight excluding hydrogens is 368 g/mol. The molecule has 2 heterocycles. The van der Waals surface area contributed by atoms with Gasteiger partial charge in [0.25, 0.3) is 0 Å². The standard InChI is InChI=1S/C15H17BrN2O3S/c1-15(2)11(18-13(20)10(16)14(18)22(15)21)12(19)17-8-9-6-4-3-5-7-9/h3-7,10-11,14H,8H2,1-2H3,(H,17,19)/t10-,11-,14+,22?/m0/s1. The molecule has 0 radical (unpaired) electrons. The minimum absolute atomic E-state index is 0.163. The van der Waals surface area contributed by atoms with Crippen LogP contribution in [0.15, 0.2) is 30.3 Å². The summed E-state index contributed by atoms with van der Waals surface area (Å²) >= 11 is 1.99. The van der Waals surface area contributed by atoms with Crippen LogP contribution in [0.2, 0.25) is 0 Å². The monoisotopic (exact) mass is 384 g/mol. The van der Waals surface area contributed by atoms with E-state index in [-0.39, 0.29) is 11.8 Å². The van der Waals surface area contributed by atoms with Gasteiger partial charge < -0.3 is 9.87 Å². The number of rotatable bonds is 3. The van der Waals surface area contributed by atoms with Crippen molar-refractivity contribution in [1.82, 2.24) is 10.2 Å². The van der Waals surface area contributed by atoms with Crippen LogP contribution >= 0.6 is 15.9 Å². The molecule has 1 unspecified atom stereocenters. The Balaban J connectivity index is 1.75. The van der Waals surface area contributed by atoms with Crippen LogP contribution in [-0.4, -0.2) is 42.3 Å². The quantitative estimate of drug-likeness (QED) is 0.482. The minimum atomic E-state index is -1.27.